The molecule has 2 aromatic rings. The molecule has 114 valence electrons. The summed E-state index contributed by atoms with van der Waals surface area (Å²) in [5, 5.41) is 4.18. The third kappa shape index (κ3) is 2.51. The molecule has 6 nitrogen and oxygen atoms in total. The van der Waals surface area contributed by atoms with E-state index in [2.05, 4.69) is 5.10 Å². The Hall–Kier alpha value is -1.60. The SMILES string of the molecule is Cc1ccc(S(=O)(=O)N2CCCCC2c2ccnn2C)o1. The van der Waals surface area contributed by atoms with Crippen LogP contribution < -0.4 is 0 Å². The zero-order chi connectivity index (χ0) is 15.0. The molecule has 21 heavy (non-hydrogen) atoms. The van der Waals surface area contributed by atoms with Crippen molar-refractivity contribution in [3.63, 3.8) is 0 Å². The van der Waals surface area contributed by atoms with Crippen molar-refractivity contribution in [1.82, 2.24) is 14.1 Å². The molecular weight excluding hydrogens is 290 g/mol. The Morgan fingerprint density at radius 3 is 2.71 bits per heavy atom. The smallest absolute Gasteiger partial charge is 0.277 e. The van der Waals surface area contributed by atoms with Gasteiger partial charge in [0.25, 0.3) is 10.0 Å². The van der Waals surface area contributed by atoms with E-state index in [1.165, 1.54) is 6.07 Å². The van der Waals surface area contributed by atoms with Gasteiger partial charge in [-0.2, -0.15) is 9.40 Å². The van der Waals surface area contributed by atoms with E-state index in [-0.39, 0.29) is 11.1 Å². The van der Waals surface area contributed by atoms with Crippen LogP contribution >= 0.6 is 0 Å². The summed E-state index contributed by atoms with van der Waals surface area (Å²) in [4.78, 5) is 0. The maximum Gasteiger partial charge on any atom is 0.277 e. The van der Waals surface area contributed by atoms with E-state index in [4.69, 9.17) is 4.42 Å². The summed E-state index contributed by atoms with van der Waals surface area (Å²) in [7, 11) is -1.77. The molecule has 0 saturated carbocycles. The minimum Gasteiger partial charge on any atom is -0.449 e. The molecular formula is C14H19N3O3S. The number of rotatable bonds is 3. The molecule has 0 N–H and O–H groups in total. The summed E-state index contributed by atoms with van der Waals surface area (Å²) in [6, 6.07) is 4.91. The van der Waals surface area contributed by atoms with E-state index >= 15 is 0 Å². The number of aromatic nitrogens is 2. The number of piperidine rings is 1. The van der Waals surface area contributed by atoms with Gasteiger partial charge in [0.1, 0.15) is 5.76 Å². The summed E-state index contributed by atoms with van der Waals surface area (Å²) < 4.78 is 34.3. The molecule has 3 rings (SSSR count). The van der Waals surface area contributed by atoms with Gasteiger partial charge in [-0.25, -0.2) is 8.42 Å². The topological polar surface area (TPSA) is 68.3 Å². The van der Waals surface area contributed by atoms with E-state index in [0.29, 0.717) is 12.3 Å². The maximum atomic E-state index is 12.8. The Morgan fingerprint density at radius 1 is 1.29 bits per heavy atom. The molecule has 0 bridgehead atoms. The number of sulfonamides is 1. The largest absolute Gasteiger partial charge is 0.449 e. The van der Waals surface area contributed by atoms with E-state index in [1.54, 1.807) is 28.2 Å². The second-order valence-electron chi connectivity index (χ2n) is 5.37. The lowest BCUT2D eigenvalue weighted by Crippen LogP contribution is -2.39. The molecule has 7 heteroatoms. The zero-order valence-corrected chi connectivity index (χ0v) is 13.0. The molecule has 1 atom stereocenters. The van der Waals surface area contributed by atoms with Gasteiger partial charge < -0.3 is 4.42 Å². The summed E-state index contributed by atoms with van der Waals surface area (Å²) in [5.74, 6) is 0.600. The van der Waals surface area contributed by atoms with E-state index < -0.39 is 10.0 Å². The van der Waals surface area contributed by atoms with Crippen molar-refractivity contribution in [3.8, 4) is 0 Å². The van der Waals surface area contributed by atoms with Crippen molar-refractivity contribution in [1.29, 1.82) is 0 Å². The molecule has 3 heterocycles. The Balaban J connectivity index is 2.00. The van der Waals surface area contributed by atoms with Crippen LogP contribution in [0.4, 0.5) is 0 Å². The van der Waals surface area contributed by atoms with Crippen LogP contribution in [0.5, 0.6) is 0 Å². The van der Waals surface area contributed by atoms with Crippen molar-refractivity contribution < 1.29 is 12.8 Å². The average Bonchev–Trinajstić information content (AvgIpc) is 3.08. The summed E-state index contributed by atoms with van der Waals surface area (Å²) in [6.45, 7) is 2.26. The van der Waals surface area contributed by atoms with Crippen LogP contribution in [0.25, 0.3) is 0 Å². The number of aryl methyl sites for hydroxylation is 2. The highest BCUT2D eigenvalue weighted by atomic mass is 32.2. The van der Waals surface area contributed by atoms with Crippen LogP contribution in [-0.4, -0.2) is 29.0 Å². The first-order valence-electron chi connectivity index (χ1n) is 7.06. The summed E-state index contributed by atoms with van der Waals surface area (Å²) in [6.07, 6.45) is 4.39. The molecule has 0 radical (unpaired) electrons. The van der Waals surface area contributed by atoms with Gasteiger partial charge in [-0.05, 0) is 38.0 Å². The Morgan fingerprint density at radius 2 is 2.10 bits per heavy atom. The van der Waals surface area contributed by atoms with Gasteiger partial charge in [-0.3, -0.25) is 4.68 Å². The van der Waals surface area contributed by atoms with Gasteiger partial charge in [-0.1, -0.05) is 6.42 Å². The predicted molar refractivity (Wildman–Crippen MR) is 77.1 cm³/mol. The van der Waals surface area contributed by atoms with Gasteiger partial charge in [0.05, 0.1) is 11.7 Å². The first-order chi connectivity index (χ1) is 10.00. The minimum atomic E-state index is -3.61. The lowest BCUT2D eigenvalue weighted by Gasteiger charge is -2.33. The molecule has 0 aromatic carbocycles. The van der Waals surface area contributed by atoms with Crippen LogP contribution in [-0.2, 0) is 17.1 Å². The van der Waals surface area contributed by atoms with Crippen LogP contribution in [0, 0.1) is 6.92 Å². The second kappa shape index (κ2) is 5.31. The Bertz CT molecular complexity index is 732. The molecule has 1 unspecified atom stereocenters. The average molecular weight is 309 g/mol. The fourth-order valence-corrected chi connectivity index (χ4v) is 4.49. The van der Waals surface area contributed by atoms with E-state index in [9.17, 15) is 8.42 Å². The third-order valence-corrected chi connectivity index (χ3v) is 5.72. The molecule has 1 saturated heterocycles. The first kappa shape index (κ1) is 14.3. The van der Waals surface area contributed by atoms with Crippen LogP contribution in [0.15, 0.2) is 33.9 Å². The first-order valence-corrected chi connectivity index (χ1v) is 8.50. The number of furan rings is 1. The number of hydrogen-bond donors (Lipinski definition) is 0. The van der Waals surface area contributed by atoms with Crippen LogP contribution in [0.2, 0.25) is 0 Å². The molecule has 0 spiro atoms. The fraction of sp³-hybridized carbons (Fsp3) is 0.500. The van der Waals surface area contributed by atoms with E-state index in [1.807, 2.05) is 13.1 Å². The highest BCUT2D eigenvalue weighted by molar-refractivity contribution is 7.89. The molecule has 2 aromatic heterocycles. The van der Waals surface area contributed by atoms with Gasteiger partial charge in [-0.15, -0.1) is 0 Å². The lowest BCUT2D eigenvalue weighted by atomic mass is 10.0. The molecule has 0 aliphatic carbocycles. The van der Waals surface area contributed by atoms with Gasteiger partial charge in [0.15, 0.2) is 0 Å². The maximum absolute atomic E-state index is 12.8. The molecule has 1 aliphatic rings. The zero-order valence-electron chi connectivity index (χ0n) is 12.2. The van der Waals surface area contributed by atoms with Crippen molar-refractivity contribution >= 4 is 10.0 Å². The monoisotopic (exact) mass is 309 g/mol. The summed E-state index contributed by atoms with van der Waals surface area (Å²) >= 11 is 0. The number of nitrogens with zero attached hydrogens (tertiary/aromatic N) is 3. The lowest BCUT2D eigenvalue weighted by molar-refractivity contribution is 0.240. The van der Waals surface area contributed by atoms with Crippen molar-refractivity contribution in [2.45, 2.75) is 37.3 Å². The molecule has 0 amide bonds. The second-order valence-corrected chi connectivity index (χ2v) is 7.19. The van der Waals surface area contributed by atoms with E-state index in [0.717, 1.165) is 25.0 Å². The van der Waals surface area contributed by atoms with Gasteiger partial charge in [0, 0.05) is 19.8 Å². The van der Waals surface area contributed by atoms with Gasteiger partial charge >= 0.3 is 0 Å². The van der Waals surface area contributed by atoms with Crippen molar-refractivity contribution in [2.75, 3.05) is 6.54 Å². The third-order valence-electron chi connectivity index (χ3n) is 3.93. The van der Waals surface area contributed by atoms with Gasteiger partial charge in [0.2, 0.25) is 5.09 Å². The molecule has 1 fully saturated rings. The van der Waals surface area contributed by atoms with Crippen molar-refractivity contribution in [2.24, 2.45) is 7.05 Å². The normalized spacial score (nSPS) is 20.8. The molecule has 1 aliphatic heterocycles. The Kier molecular flexibility index (Phi) is 3.62. The minimum absolute atomic E-state index is 0.0223. The predicted octanol–water partition coefficient (Wildman–Crippen LogP) is 2.24. The number of hydrogen-bond acceptors (Lipinski definition) is 4. The fourth-order valence-electron chi connectivity index (χ4n) is 2.87. The highest BCUT2D eigenvalue weighted by Gasteiger charge is 2.37. The van der Waals surface area contributed by atoms with Crippen molar-refractivity contribution in [3.05, 3.63) is 35.9 Å². The Labute approximate surface area is 124 Å². The van der Waals surface area contributed by atoms with Crippen LogP contribution in [0.1, 0.15) is 36.8 Å². The summed E-state index contributed by atoms with van der Waals surface area (Å²) in [5.41, 5.74) is 0.918. The highest BCUT2D eigenvalue weighted by Crippen LogP contribution is 2.35. The van der Waals surface area contributed by atoms with Crippen LogP contribution in [0.3, 0.4) is 0 Å². The standard InChI is InChI=1S/C14H19N3O3S/c1-11-6-7-14(20-11)21(18,19)17-10-4-3-5-13(17)12-8-9-15-16(12)2/h6-9,13H,3-5,10H2,1-2H3. The quantitative estimate of drug-likeness (QED) is 0.872.